The highest BCUT2D eigenvalue weighted by Gasteiger charge is 2.34. The van der Waals surface area contributed by atoms with Crippen LogP contribution in [0.25, 0.3) is 0 Å². The molecular formula is C17H27NO3. The lowest BCUT2D eigenvalue weighted by molar-refractivity contribution is -0.0282. The lowest BCUT2D eigenvalue weighted by Gasteiger charge is -2.39. The van der Waals surface area contributed by atoms with Crippen LogP contribution in [-0.4, -0.2) is 43.9 Å². The summed E-state index contributed by atoms with van der Waals surface area (Å²) in [5.41, 5.74) is 0.109. The zero-order valence-electron chi connectivity index (χ0n) is 13.6. The molecule has 4 nitrogen and oxygen atoms in total. The molecule has 2 rings (SSSR count). The fourth-order valence-corrected chi connectivity index (χ4v) is 2.99. The summed E-state index contributed by atoms with van der Waals surface area (Å²) < 4.78 is 10.6. The molecule has 0 bridgehead atoms. The minimum atomic E-state index is -0.782. The smallest absolute Gasteiger partial charge is 0.122 e. The first-order valence-corrected chi connectivity index (χ1v) is 7.65. The van der Waals surface area contributed by atoms with E-state index in [2.05, 4.69) is 18.7 Å². The highest BCUT2D eigenvalue weighted by molar-refractivity contribution is 5.41. The Bertz CT molecular complexity index is 443. The van der Waals surface area contributed by atoms with Gasteiger partial charge in [-0.05, 0) is 36.5 Å². The molecule has 1 aromatic rings. The molecule has 0 aromatic heterocycles. The number of methoxy groups -OCH3 is 2. The molecule has 0 spiro atoms. The van der Waals surface area contributed by atoms with Crippen LogP contribution in [0.4, 0.5) is 0 Å². The van der Waals surface area contributed by atoms with Gasteiger partial charge < -0.3 is 19.5 Å². The molecule has 0 unspecified atom stereocenters. The molecule has 0 radical (unpaired) electrons. The normalized spacial score (nSPS) is 18.8. The van der Waals surface area contributed by atoms with Gasteiger partial charge in [0.15, 0.2) is 0 Å². The predicted molar refractivity (Wildman–Crippen MR) is 84.0 cm³/mol. The van der Waals surface area contributed by atoms with Gasteiger partial charge in [0.1, 0.15) is 11.5 Å². The number of ether oxygens (including phenoxy) is 2. The Morgan fingerprint density at radius 2 is 1.62 bits per heavy atom. The Balaban J connectivity index is 2.14. The molecule has 118 valence electrons. The minimum Gasteiger partial charge on any atom is -0.497 e. The summed E-state index contributed by atoms with van der Waals surface area (Å²) in [5, 5.41) is 11.0. The first-order valence-electron chi connectivity index (χ1n) is 7.65. The molecule has 1 heterocycles. The van der Waals surface area contributed by atoms with Crippen LogP contribution in [0.15, 0.2) is 18.2 Å². The van der Waals surface area contributed by atoms with Gasteiger partial charge in [-0.3, -0.25) is 0 Å². The molecular weight excluding hydrogens is 266 g/mol. The van der Waals surface area contributed by atoms with Gasteiger partial charge in [0.2, 0.25) is 0 Å². The molecule has 0 saturated carbocycles. The van der Waals surface area contributed by atoms with E-state index in [-0.39, 0.29) is 0 Å². The van der Waals surface area contributed by atoms with Crippen LogP contribution in [0.1, 0.15) is 32.3 Å². The van der Waals surface area contributed by atoms with Crippen LogP contribution in [0, 0.1) is 5.92 Å². The highest BCUT2D eigenvalue weighted by Crippen LogP contribution is 2.37. The van der Waals surface area contributed by atoms with Crippen molar-refractivity contribution >= 4 is 0 Å². The molecule has 1 aliphatic heterocycles. The maximum Gasteiger partial charge on any atom is 0.122 e. The predicted octanol–water partition coefficient (Wildman–Crippen LogP) is 2.64. The molecule has 0 atom stereocenters. The summed E-state index contributed by atoms with van der Waals surface area (Å²) in [6, 6.07) is 5.67. The summed E-state index contributed by atoms with van der Waals surface area (Å²) in [6.07, 6.45) is 1.49. The Hall–Kier alpha value is -1.26. The first-order chi connectivity index (χ1) is 9.96. The van der Waals surface area contributed by atoms with Gasteiger partial charge in [-0.2, -0.15) is 0 Å². The third-order valence-electron chi connectivity index (χ3n) is 4.20. The fraction of sp³-hybridized carbons (Fsp3) is 0.647. The lowest BCUT2D eigenvalue weighted by atomic mass is 9.84. The zero-order chi connectivity index (χ0) is 15.5. The second-order valence-corrected chi connectivity index (χ2v) is 6.33. The van der Waals surface area contributed by atoms with Gasteiger partial charge in [0.05, 0.1) is 19.8 Å². The Kier molecular flexibility index (Phi) is 5.12. The minimum absolute atomic E-state index is 0.660. The molecule has 21 heavy (non-hydrogen) atoms. The maximum absolute atomic E-state index is 11.0. The van der Waals surface area contributed by atoms with Crippen LogP contribution in [0.5, 0.6) is 11.5 Å². The summed E-state index contributed by atoms with van der Waals surface area (Å²) in [7, 11) is 3.27. The van der Waals surface area contributed by atoms with E-state index in [9.17, 15) is 5.11 Å². The topological polar surface area (TPSA) is 41.9 Å². The van der Waals surface area contributed by atoms with E-state index in [4.69, 9.17) is 9.47 Å². The molecule has 1 fully saturated rings. The number of likely N-dealkylation sites (tertiary alicyclic amines) is 1. The average Bonchev–Trinajstić information content (AvgIpc) is 2.48. The monoisotopic (exact) mass is 293 g/mol. The molecule has 1 aliphatic rings. The van der Waals surface area contributed by atoms with Crippen molar-refractivity contribution in [3.8, 4) is 11.5 Å². The van der Waals surface area contributed by atoms with Crippen molar-refractivity contribution in [2.24, 2.45) is 5.92 Å². The van der Waals surface area contributed by atoms with Gasteiger partial charge in [-0.25, -0.2) is 0 Å². The Labute approximate surface area is 127 Å². The SMILES string of the molecule is COc1cc(OC)cc(C2(O)CCN(CC(C)C)CC2)c1. The van der Waals surface area contributed by atoms with Gasteiger partial charge in [-0.15, -0.1) is 0 Å². The first kappa shape index (κ1) is 16.1. The van der Waals surface area contributed by atoms with E-state index < -0.39 is 5.60 Å². The summed E-state index contributed by atoms with van der Waals surface area (Å²) >= 11 is 0. The second-order valence-electron chi connectivity index (χ2n) is 6.33. The van der Waals surface area contributed by atoms with Gasteiger partial charge >= 0.3 is 0 Å². The Morgan fingerprint density at radius 3 is 2.05 bits per heavy atom. The summed E-state index contributed by atoms with van der Waals surface area (Å²) in [5.74, 6) is 2.11. The van der Waals surface area contributed by atoms with E-state index in [1.807, 2.05) is 18.2 Å². The molecule has 4 heteroatoms. The largest absolute Gasteiger partial charge is 0.497 e. The summed E-state index contributed by atoms with van der Waals surface area (Å²) in [6.45, 7) is 7.40. The molecule has 1 N–H and O–H groups in total. The van der Waals surface area contributed by atoms with Gasteiger partial charge in [-0.1, -0.05) is 13.8 Å². The maximum atomic E-state index is 11.0. The number of benzene rings is 1. The van der Waals surface area contributed by atoms with E-state index in [1.54, 1.807) is 14.2 Å². The van der Waals surface area contributed by atoms with Gasteiger partial charge in [0, 0.05) is 25.7 Å². The number of piperidine rings is 1. The molecule has 1 saturated heterocycles. The molecule has 1 aromatic carbocycles. The van der Waals surface area contributed by atoms with Crippen molar-refractivity contribution in [3.05, 3.63) is 23.8 Å². The van der Waals surface area contributed by atoms with Crippen molar-refractivity contribution in [2.45, 2.75) is 32.3 Å². The highest BCUT2D eigenvalue weighted by atomic mass is 16.5. The number of rotatable bonds is 5. The van der Waals surface area contributed by atoms with E-state index in [0.29, 0.717) is 5.92 Å². The zero-order valence-corrected chi connectivity index (χ0v) is 13.6. The number of aliphatic hydroxyl groups is 1. The van der Waals surface area contributed by atoms with Gasteiger partial charge in [0.25, 0.3) is 0 Å². The fourth-order valence-electron chi connectivity index (χ4n) is 2.99. The van der Waals surface area contributed by atoms with Crippen LogP contribution in [0.3, 0.4) is 0 Å². The van der Waals surface area contributed by atoms with E-state index >= 15 is 0 Å². The Morgan fingerprint density at radius 1 is 1.10 bits per heavy atom. The standard InChI is InChI=1S/C17H27NO3/c1-13(2)12-18-7-5-17(19,6-8-18)14-9-15(20-3)11-16(10-14)21-4/h9-11,13,19H,5-8,12H2,1-4H3. The second kappa shape index (κ2) is 6.67. The third-order valence-corrected chi connectivity index (χ3v) is 4.20. The van der Waals surface area contributed by atoms with Crippen molar-refractivity contribution in [1.82, 2.24) is 4.90 Å². The molecule has 0 aliphatic carbocycles. The van der Waals surface area contributed by atoms with Crippen molar-refractivity contribution in [3.63, 3.8) is 0 Å². The summed E-state index contributed by atoms with van der Waals surface area (Å²) in [4.78, 5) is 2.43. The number of nitrogens with zero attached hydrogens (tertiary/aromatic N) is 1. The third kappa shape index (κ3) is 3.89. The average molecular weight is 293 g/mol. The van der Waals surface area contributed by atoms with Crippen molar-refractivity contribution < 1.29 is 14.6 Å². The van der Waals surface area contributed by atoms with Crippen LogP contribution < -0.4 is 9.47 Å². The quantitative estimate of drug-likeness (QED) is 0.906. The van der Waals surface area contributed by atoms with Crippen LogP contribution in [0.2, 0.25) is 0 Å². The van der Waals surface area contributed by atoms with Crippen LogP contribution >= 0.6 is 0 Å². The molecule has 0 amide bonds. The number of hydrogen-bond acceptors (Lipinski definition) is 4. The lowest BCUT2D eigenvalue weighted by Crippen LogP contribution is -2.43. The number of hydrogen-bond donors (Lipinski definition) is 1. The van der Waals surface area contributed by atoms with E-state index in [0.717, 1.165) is 49.5 Å². The van der Waals surface area contributed by atoms with E-state index in [1.165, 1.54) is 0 Å². The van der Waals surface area contributed by atoms with Crippen molar-refractivity contribution in [2.75, 3.05) is 33.9 Å². The van der Waals surface area contributed by atoms with Crippen molar-refractivity contribution in [1.29, 1.82) is 0 Å². The van der Waals surface area contributed by atoms with Crippen LogP contribution in [-0.2, 0) is 5.60 Å².